The topological polar surface area (TPSA) is 88.0 Å². The van der Waals surface area contributed by atoms with Crippen molar-refractivity contribution in [2.45, 2.75) is 32.4 Å². The van der Waals surface area contributed by atoms with E-state index in [9.17, 15) is 4.79 Å². The van der Waals surface area contributed by atoms with Crippen molar-refractivity contribution >= 4 is 11.8 Å². The summed E-state index contributed by atoms with van der Waals surface area (Å²) in [4.78, 5) is 23.4. The van der Waals surface area contributed by atoms with Crippen molar-refractivity contribution in [1.29, 1.82) is 0 Å². The fourth-order valence-corrected chi connectivity index (χ4v) is 3.42. The highest BCUT2D eigenvalue weighted by Gasteiger charge is 2.12. The smallest absolute Gasteiger partial charge is 0.315 e. The predicted molar refractivity (Wildman–Crippen MR) is 111 cm³/mol. The molecular weight excluding hydrogens is 366 g/mol. The highest BCUT2D eigenvalue weighted by molar-refractivity contribution is 5.73. The van der Waals surface area contributed by atoms with Crippen molar-refractivity contribution in [3.05, 3.63) is 66.2 Å². The molecule has 150 valence electrons. The molecule has 3 aromatic rings. The monoisotopic (exact) mass is 391 g/mol. The van der Waals surface area contributed by atoms with Gasteiger partial charge in [-0.3, -0.25) is 0 Å². The molecule has 8 heteroatoms. The summed E-state index contributed by atoms with van der Waals surface area (Å²) in [5, 5.41) is 9.96. The third-order valence-electron chi connectivity index (χ3n) is 4.97. The molecule has 0 saturated carbocycles. The summed E-state index contributed by atoms with van der Waals surface area (Å²) >= 11 is 0. The van der Waals surface area contributed by atoms with Crippen LogP contribution in [-0.4, -0.2) is 38.9 Å². The lowest BCUT2D eigenvalue weighted by atomic mass is 10.1. The van der Waals surface area contributed by atoms with Crippen LogP contribution in [0, 0.1) is 0 Å². The van der Waals surface area contributed by atoms with Crippen LogP contribution in [0.5, 0.6) is 0 Å². The lowest BCUT2D eigenvalue weighted by molar-refractivity contribution is 0.240. The van der Waals surface area contributed by atoms with Crippen LogP contribution >= 0.6 is 0 Å². The third-order valence-corrected chi connectivity index (χ3v) is 4.97. The number of rotatable bonds is 6. The number of piperidine rings is 1. The van der Waals surface area contributed by atoms with Crippen molar-refractivity contribution in [3.8, 4) is 5.82 Å². The van der Waals surface area contributed by atoms with Crippen LogP contribution in [0.15, 0.2) is 55.1 Å². The molecule has 1 saturated heterocycles. The van der Waals surface area contributed by atoms with Gasteiger partial charge in [-0.2, -0.15) is 5.10 Å². The second kappa shape index (κ2) is 9.18. The first-order valence-corrected chi connectivity index (χ1v) is 9.95. The highest BCUT2D eigenvalue weighted by atomic mass is 16.2. The molecule has 1 fully saturated rings. The molecule has 4 heterocycles. The Balaban J connectivity index is 1.28. The molecule has 0 radical (unpaired) electrons. The molecule has 2 amide bonds. The van der Waals surface area contributed by atoms with Gasteiger partial charge < -0.3 is 15.5 Å². The Bertz CT molecular complexity index is 918. The maximum atomic E-state index is 12.2. The summed E-state index contributed by atoms with van der Waals surface area (Å²) in [5.74, 6) is 1.72. The fourth-order valence-electron chi connectivity index (χ4n) is 3.42. The van der Waals surface area contributed by atoms with Gasteiger partial charge in [0.2, 0.25) is 0 Å². The second-order valence-corrected chi connectivity index (χ2v) is 7.05. The van der Waals surface area contributed by atoms with Crippen molar-refractivity contribution < 1.29 is 4.79 Å². The Morgan fingerprint density at radius 2 is 1.83 bits per heavy atom. The number of nitrogens with zero attached hydrogens (tertiary/aromatic N) is 5. The minimum Gasteiger partial charge on any atom is -0.357 e. The third kappa shape index (κ3) is 4.90. The molecule has 0 aliphatic carbocycles. The van der Waals surface area contributed by atoms with E-state index in [0.717, 1.165) is 30.0 Å². The predicted octanol–water partition coefficient (Wildman–Crippen LogP) is 2.65. The largest absolute Gasteiger partial charge is 0.357 e. The van der Waals surface area contributed by atoms with Crippen molar-refractivity contribution in [2.75, 3.05) is 18.0 Å². The van der Waals surface area contributed by atoms with Gasteiger partial charge in [0.1, 0.15) is 5.82 Å². The Labute approximate surface area is 170 Å². The fraction of sp³-hybridized carbons (Fsp3) is 0.333. The van der Waals surface area contributed by atoms with Crippen molar-refractivity contribution in [3.63, 3.8) is 0 Å². The van der Waals surface area contributed by atoms with E-state index in [1.165, 1.54) is 19.3 Å². The maximum absolute atomic E-state index is 12.2. The van der Waals surface area contributed by atoms with E-state index in [1.54, 1.807) is 17.1 Å². The number of carbonyl (C=O) groups is 1. The molecule has 0 bridgehead atoms. The summed E-state index contributed by atoms with van der Waals surface area (Å²) in [6.07, 6.45) is 10.8. The van der Waals surface area contributed by atoms with E-state index in [0.29, 0.717) is 18.9 Å². The maximum Gasteiger partial charge on any atom is 0.315 e. The molecule has 0 aromatic carbocycles. The van der Waals surface area contributed by atoms with E-state index < -0.39 is 0 Å². The molecule has 29 heavy (non-hydrogen) atoms. The molecule has 1 aliphatic heterocycles. The molecule has 3 aromatic heterocycles. The van der Waals surface area contributed by atoms with Crippen LogP contribution in [0.2, 0.25) is 0 Å². The summed E-state index contributed by atoms with van der Waals surface area (Å²) in [6.45, 7) is 2.93. The lowest BCUT2D eigenvalue weighted by Crippen LogP contribution is -2.35. The van der Waals surface area contributed by atoms with Gasteiger partial charge in [0.25, 0.3) is 0 Å². The van der Waals surface area contributed by atoms with E-state index in [-0.39, 0.29) is 6.03 Å². The highest BCUT2D eigenvalue weighted by Crippen LogP contribution is 2.17. The van der Waals surface area contributed by atoms with Crippen LogP contribution in [0.25, 0.3) is 5.82 Å². The number of anilines is 1. The molecule has 1 aliphatic rings. The van der Waals surface area contributed by atoms with E-state index in [2.05, 4.69) is 30.6 Å². The zero-order valence-corrected chi connectivity index (χ0v) is 16.3. The van der Waals surface area contributed by atoms with Crippen LogP contribution < -0.4 is 15.5 Å². The Kier molecular flexibility index (Phi) is 5.99. The van der Waals surface area contributed by atoms with E-state index in [1.807, 2.05) is 42.7 Å². The summed E-state index contributed by atoms with van der Waals surface area (Å²) in [7, 11) is 0. The Morgan fingerprint density at radius 1 is 0.966 bits per heavy atom. The van der Waals surface area contributed by atoms with Gasteiger partial charge in [-0.05, 0) is 43.0 Å². The number of pyridine rings is 2. The van der Waals surface area contributed by atoms with Crippen LogP contribution in [-0.2, 0) is 13.1 Å². The molecular formula is C21H25N7O. The zero-order chi connectivity index (χ0) is 19.9. The van der Waals surface area contributed by atoms with Crippen molar-refractivity contribution in [2.24, 2.45) is 0 Å². The van der Waals surface area contributed by atoms with Crippen LogP contribution in [0.4, 0.5) is 10.6 Å². The molecule has 0 spiro atoms. The Hall–Kier alpha value is -3.42. The summed E-state index contributed by atoms with van der Waals surface area (Å²) < 4.78 is 1.69. The number of hydrogen-bond acceptors (Lipinski definition) is 5. The van der Waals surface area contributed by atoms with Gasteiger partial charge in [0.15, 0.2) is 5.82 Å². The van der Waals surface area contributed by atoms with Gasteiger partial charge in [-0.1, -0.05) is 12.1 Å². The van der Waals surface area contributed by atoms with Gasteiger partial charge in [0.05, 0.1) is 0 Å². The van der Waals surface area contributed by atoms with Crippen LogP contribution in [0.3, 0.4) is 0 Å². The first-order chi connectivity index (χ1) is 14.3. The molecule has 0 unspecified atom stereocenters. The van der Waals surface area contributed by atoms with Gasteiger partial charge in [-0.15, -0.1) is 0 Å². The average Bonchev–Trinajstić information content (AvgIpc) is 3.32. The van der Waals surface area contributed by atoms with Crippen molar-refractivity contribution in [1.82, 2.24) is 30.4 Å². The minimum absolute atomic E-state index is 0.236. The average molecular weight is 391 g/mol. The molecule has 8 nitrogen and oxygen atoms in total. The van der Waals surface area contributed by atoms with Gasteiger partial charge in [-0.25, -0.2) is 19.4 Å². The first kappa shape index (κ1) is 18.9. The molecule has 2 N–H and O–H groups in total. The number of urea groups is 1. The van der Waals surface area contributed by atoms with Gasteiger partial charge >= 0.3 is 6.03 Å². The Morgan fingerprint density at radius 3 is 2.59 bits per heavy atom. The number of carbonyl (C=O) groups excluding carboxylic acids is 1. The lowest BCUT2D eigenvalue weighted by Gasteiger charge is -2.27. The summed E-state index contributed by atoms with van der Waals surface area (Å²) in [5.41, 5.74) is 1.86. The molecule has 4 rings (SSSR count). The molecule has 0 atom stereocenters. The summed E-state index contributed by atoms with van der Waals surface area (Å²) in [6, 6.07) is 9.43. The number of amides is 2. The van der Waals surface area contributed by atoms with Gasteiger partial charge in [0, 0.05) is 56.5 Å². The van der Waals surface area contributed by atoms with Crippen LogP contribution in [0.1, 0.15) is 30.4 Å². The first-order valence-electron chi connectivity index (χ1n) is 9.95. The van der Waals surface area contributed by atoms with E-state index in [4.69, 9.17) is 0 Å². The zero-order valence-electron chi connectivity index (χ0n) is 16.3. The number of hydrogen-bond donors (Lipinski definition) is 2. The quantitative estimate of drug-likeness (QED) is 0.674. The SMILES string of the molecule is O=C(NCc1ccc(N2CCCCC2)nc1)NCc1cccnc1-n1cccn1. The standard InChI is InChI=1S/C21H25N7O/c29-21(25-16-18-6-4-9-22-20(18)28-13-5-10-26-28)24-15-17-7-8-19(23-14-17)27-11-2-1-3-12-27/h4-10,13-14H,1-3,11-12,15-16H2,(H2,24,25,29). The minimum atomic E-state index is -0.236. The second-order valence-electron chi connectivity index (χ2n) is 7.05. The normalized spacial score (nSPS) is 13.9. The number of aromatic nitrogens is 4. The number of nitrogens with one attached hydrogen (secondary N) is 2. The van der Waals surface area contributed by atoms with E-state index >= 15 is 0 Å².